The first-order valence-electron chi connectivity index (χ1n) is 9.19. The van der Waals surface area contributed by atoms with Crippen molar-refractivity contribution in [3.8, 4) is 0 Å². The van der Waals surface area contributed by atoms with E-state index in [1.807, 2.05) is 0 Å². The van der Waals surface area contributed by atoms with E-state index in [-0.39, 0.29) is 5.78 Å². The summed E-state index contributed by atoms with van der Waals surface area (Å²) >= 11 is 0. The molecule has 0 saturated heterocycles. The number of carbonyl (C=O) groups excluding carboxylic acids is 1. The predicted octanol–water partition coefficient (Wildman–Crippen LogP) is 4.98. The number of ketones is 1. The molecule has 32 heavy (non-hydrogen) atoms. The number of nitrogens with zero attached hydrogens (tertiary/aromatic N) is 1. The van der Waals surface area contributed by atoms with Crippen LogP contribution >= 0.6 is 0 Å². The summed E-state index contributed by atoms with van der Waals surface area (Å²) < 4.78 is 96.3. The molecular weight excluding hydrogens is 453 g/mol. The summed E-state index contributed by atoms with van der Waals surface area (Å²) in [6, 6.07) is 13.7. The molecule has 3 aromatic carbocycles. The third kappa shape index (κ3) is 4.56. The first kappa shape index (κ1) is 23.6. The molecule has 10 heteroatoms. The minimum Gasteiger partial charge on any atom is -0.295 e. The van der Waals surface area contributed by atoms with Gasteiger partial charge in [0.2, 0.25) is 15.8 Å². The Morgan fingerprint density at radius 1 is 0.719 bits per heavy atom. The number of hydrogen-bond donors (Lipinski definition) is 0. The van der Waals surface area contributed by atoms with Crippen molar-refractivity contribution in [2.45, 2.75) is 24.9 Å². The normalized spacial score (nSPS) is 11.7. The highest BCUT2D eigenvalue weighted by molar-refractivity contribution is 7.89. The van der Waals surface area contributed by atoms with E-state index in [9.17, 15) is 35.2 Å². The number of rotatable bonds is 7. The van der Waals surface area contributed by atoms with Gasteiger partial charge in [0.15, 0.2) is 33.9 Å². The Bertz CT molecular complexity index is 1230. The largest absolute Gasteiger partial charge is 0.295 e. The lowest BCUT2D eigenvalue weighted by Crippen LogP contribution is -2.32. The van der Waals surface area contributed by atoms with Crippen LogP contribution in [0.2, 0.25) is 0 Å². The fourth-order valence-electron chi connectivity index (χ4n) is 3.00. The average Bonchev–Trinajstić information content (AvgIpc) is 2.77. The van der Waals surface area contributed by atoms with E-state index >= 15 is 0 Å². The maximum absolute atomic E-state index is 14.3. The highest BCUT2D eigenvalue weighted by atomic mass is 32.2. The Labute approximate surface area is 181 Å². The van der Waals surface area contributed by atoms with Crippen LogP contribution in [0.1, 0.15) is 28.4 Å². The quantitative estimate of drug-likeness (QED) is 0.212. The van der Waals surface area contributed by atoms with Gasteiger partial charge in [-0.05, 0) is 18.1 Å². The summed E-state index contributed by atoms with van der Waals surface area (Å²) in [6.45, 7) is 0.483. The molecule has 168 valence electrons. The van der Waals surface area contributed by atoms with Gasteiger partial charge in [0, 0.05) is 18.7 Å². The highest BCUT2D eigenvalue weighted by Crippen LogP contribution is 2.30. The van der Waals surface area contributed by atoms with Crippen LogP contribution in [0, 0.1) is 29.1 Å². The van der Waals surface area contributed by atoms with Crippen LogP contribution < -0.4 is 0 Å². The number of halogens is 5. The number of Topliss-reactive ketones (excluding diaryl/α,β-unsaturated/α-hetero) is 1. The molecular formula is C22H16F5NO3S. The summed E-state index contributed by atoms with van der Waals surface area (Å²) in [7, 11) is -5.18. The molecule has 0 aliphatic heterocycles. The lowest BCUT2D eigenvalue weighted by Gasteiger charge is -2.23. The average molecular weight is 469 g/mol. The number of sulfonamides is 1. The summed E-state index contributed by atoms with van der Waals surface area (Å²) in [4.78, 5) is 9.51. The molecule has 0 saturated carbocycles. The van der Waals surface area contributed by atoms with Gasteiger partial charge in [-0.15, -0.1) is 0 Å². The molecule has 3 aromatic rings. The molecule has 0 spiro atoms. The second-order valence-electron chi connectivity index (χ2n) is 6.91. The number of hydrogen-bond acceptors (Lipinski definition) is 3. The van der Waals surface area contributed by atoms with Gasteiger partial charge in [0.25, 0.3) is 0 Å². The lowest BCUT2D eigenvalue weighted by molar-refractivity contribution is 0.101. The topological polar surface area (TPSA) is 54.5 Å². The lowest BCUT2D eigenvalue weighted by atomic mass is 10.1. The fourth-order valence-corrected chi connectivity index (χ4v) is 4.53. The Hall–Kier alpha value is -3.11. The molecule has 0 bridgehead atoms. The van der Waals surface area contributed by atoms with Crippen molar-refractivity contribution in [3.63, 3.8) is 0 Å². The summed E-state index contributed by atoms with van der Waals surface area (Å²) in [5.74, 6) is -12.3. The Morgan fingerprint density at radius 3 is 1.62 bits per heavy atom. The maximum Gasteiger partial charge on any atom is 0.249 e. The molecule has 0 aliphatic carbocycles. The van der Waals surface area contributed by atoms with E-state index in [4.69, 9.17) is 0 Å². The van der Waals surface area contributed by atoms with Gasteiger partial charge in [-0.25, -0.2) is 30.4 Å². The molecule has 4 nitrogen and oxygen atoms in total. The van der Waals surface area contributed by atoms with Gasteiger partial charge < -0.3 is 0 Å². The van der Waals surface area contributed by atoms with Gasteiger partial charge in [-0.2, -0.15) is 4.31 Å². The SMILES string of the molecule is CC(=O)c1ccc(CN(Cc2ccccc2)S(=O)(=O)c2c(F)c(F)c(F)c(F)c2F)cc1. The molecule has 0 N–H and O–H groups in total. The van der Waals surface area contributed by atoms with Crippen molar-refractivity contribution >= 4 is 15.8 Å². The Balaban J connectivity index is 2.11. The van der Waals surface area contributed by atoms with Gasteiger partial charge in [-0.3, -0.25) is 4.79 Å². The summed E-state index contributed by atoms with van der Waals surface area (Å²) in [5.41, 5.74) is 1.10. The monoisotopic (exact) mass is 469 g/mol. The van der Waals surface area contributed by atoms with Crippen LogP contribution in [-0.2, 0) is 23.1 Å². The molecule has 0 atom stereocenters. The molecule has 0 fully saturated rings. The van der Waals surface area contributed by atoms with Crippen LogP contribution in [0.5, 0.6) is 0 Å². The van der Waals surface area contributed by atoms with Crippen molar-refractivity contribution < 1.29 is 35.2 Å². The minimum absolute atomic E-state index is 0.230. The summed E-state index contributed by atoms with van der Waals surface area (Å²) in [5, 5.41) is 0. The van der Waals surface area contributed by atoms with E-state index < -0.39 is 57.1 Å². The zero-order valence-corrected chi connectivity index (χ0v) is 17.4. The molecule has 0 aromatic heterocycles. The second-order valence-corrected chi connectivity index (χ2v) is 8.79. The third-order valence-electron chi connectivity index (χ3n) is 4.69. The first-order chi connectivity index (χ1) is 15.0. The highest BCUT2D eigenvalue weighted by Gasteiger charge is 2.37. The standard InChI is InChI=1S/C22H16F5NO3S/c1-13(29)16-9-7-15(8-10-16)12-28(11-14-5-3-2-4-6-14)32(30,31)22-20(26)18(24)17(23)19(25)21(22)27/h2-10H,11-12H2,1H3. The van der Waals surface area contributed by atoms with E-state index in [0.29, 0.717) is 21.0 Å². The Morgan fingerprint density at radius 2 is 1.16 bits per heavy atom. The minimum atomic E-state index is -5.18. The zero-order valence-electron chi connectivity index (χ0n) is 16.6. The van der Waals surface area contributed by atoms with Gasteiger partial charge in [0.1, 0.15) is 0 Å². The molecule has 0 aliphatic rings. The molecule has 0 unspecified atom stereocenters. The van der Waals surface area contributed by atoms with Crippen molar-refractivity contribution in [1.29, 1.82) is 0 Å². The van der Waals surface area contributed by atoms with Gasteiger partial charge in [-0.1, -0.05) is 54.6 Å². The fraction of sp³-hybridized carbons (Fsp3) is 0.136. The van der Waals surface area contributed by atoms with E-state index in [0.717, 1.165) is 0 Å². The van der Waals surface area contributed by atoms with Crippen molar-refractivity contribution in [3.05, 3.63) is 100 Å². The van der Waals surface area contributed by atoms with Gasteiger partial charge >= 0.3 is 0 Å². The zero-order chi connectivity index (χ0) is 23.6. The van der Waals surface area contributed by atoms with Crippen LogP contribution in [-0.4, -0.2) is 18.5 Å². The molecule has 0 amide bonds. The molecule has 0 heterocycles. The third-order valence-corrected chi connectivity index (χ3v) is 6.50. The van der Waals surface area contributed by atoms with Crippen molar-refractivity contribution in [2.75, 3.05) is 0 Å². The van der Waals surface area contributed by atoms with Gasteiger partial charge in [0.05, 0.1) is 0 Å². The van der Waals surface area contributed by atoms with Crippen molar-refractivity contribution in [1.82, 2.24) is 4.31 Å². The molecule has 0 radical (unpaired) electrons. The van der Waals surface area contributed by atoms with Crippen LogP contribution in [0.25, 0.3) is 0 Å². The second kappa shape index (κ2) is 9.17. The summed E-state index contributed by atoms with van der Waals surface area (Å²) in [6.07, 6.45) is 0. The van der Waals surface area contributed by atoms with Crippen LogP contribution in [0.4, 0.5) is 22.0 Å². The van der Waals surface area contributed by atoms with Crippen molar-refractivity contribution in [2.24, 2.45) is 0 Å². The smallest absolute Gasteiger partial charge is 0.249 e. The maximum atomic E-state index is 14.3. The molecule has 3 rings (SSSR count). The van der Waals surface area contributed by atoms with E-state index in [1.165, 1.54) is 31.2 Å². The van der Waals surface area contributed by atoms with E-state index in [2.05, 4.69) is 0 Å². The number of carbonyl (C=O) groups is 1. The number of benzene rings is 3. The van der Waals surface area contributed by atoms with E-state index in [1.54, 1.807) is 30.3 Å². The predicted molar refractivity (Wildman–Crippen MR) is 106 cm³/mol. The Kier molecular flexibility index (Phi) is 6.75. The first-order valence-corrected chi connectivity index (χ1v) is 10.6. The van der Waals surface area contributed by atoms with Crippen LogP contribution in [0.15, 0.2) is 59.5 Å². The van der Waals surface area contributed by atoms with Crippen LogP contribution in [0.3, 0.4) is 0 Å².